The molecule has 1 aliphatic carbocycles. The van der Waals surface area contributed by atoms with Crippen LogP contribution >= 0.6 is 11.6 Å². The van der Waals surface area contributed by atoms with E-state index in [0.717, 1.165) is 42.4 Å². The lowest BCUT2D eigenvalue weighted by Gasteiger charge is -2.29. The normalized spacial score (nSPS) is 14.8. The van der Waals surface area contributed by atoms with Crippen molar-refractivity contribution in [3.05, 3.63) is 64.2 Å². The number of amides is 2. The van der Waals surface area contributed by atoms with Crippen LogP contribution in [0.25, 0.3) is 0 Å². The summed E-state index contributed by atoms with van der Waals surface area (Å²) < 4.78 is 5.73. The van der Waals surface area contributed by atoms with E-state index in [1.807, 2.05) is 38.1 Å². The summed E-state index contributed by atoms with van der Waals surface area (Å²) in [6, 6.07) is 12.9. The first-order valence-electron chi connectivity index (χ1n) is 10.9. The minimum absolute atomic E-state index is 0.116. The fraction of sp³-hybridized carbons (Fsp3) is 0.440. The second-order valence-corrected chi connectivity index (χ2v) is 8.78. The number of carbonyl (C=O) groups is 2. The van der Waals surface area contributed by atoms with E-state index in [-0.39, 0.29) is 24.5 Å². The molecule has 1 saturated carbocycles. The summed E-state index contributed by atoms with van der Waals surface area (Å²) in [6.45, 7) is 5.88. The zero-order valence-corrected chi connectivity index (χ0v) is 19.2. The van der Waals surface area contributed by atoms with Crippen LogP contribution in [0.2, 0.25) is 5.02 Å². The van der Waals surface area contributed by atoms with Crippen molar-refractivity contribution in [1.82, 2.24) is 10.2 Å². The first-order valence-corrected chi connectivity index (χ1v) is 11.3. The summed E-state index contributed by atoms with van der Waals surface area (Å²) >= 11 is 6.07. The van der Waals surface area contributed by atoms with Gasteiger partial charge in [-0.25, -0.2) is 0 Å². The van der Waals surface area contributed by atoms with E-state index < -0.39 is 6.04 Å². The van der Waals surface area contributed by atoms with Crippen LogP contribution in [0.4, 0.5) is 0 Å². The Morgan fingerprint density at radius 1 is 1.16 bits per heavy atom. The summed E-state index contributed by atoms with van der Waals surface area (Å²) in [5.74, 6) is 0.229. The molecular formula is C25H31ClN2O3. The lowest BCUT2D eigenvalue weighted by atomic mass is 10.1. The maximum atomic E-state index is 13.1. The maximum Gasteiger partial charge on any atom is 0.261 e. The molecule has 0 radical (unpaired) electrons. The monoisotopic (exact) mass is 442 g/mol. The van der Waals surface area contributed by atoms with E-state index in [0.29, 0.717) is 17.3 Å². The number of aryl methyl sites for hydroxylation is 2. The molecule has 2 amide bonds. The van der Waals surface area contributed by atoms with Crippen LogP contribution in [0, 0.1) is 13.8 Å². The van der Waals surface area contributed by atoms with E-state index in [2.05, 4.69) is 5.32 Å². The number of nitrogens with zero attached hydrogens (tertiary/aromatic N) is 1. The van der Waals surface area contributed by atoms with Crippen LogP contribution in [-0.4, -0.2) is 35.4 Å². The maximum absolute atomic E-state index is 13.1. The molecule has 2 aromatic carbocycles. The quantitative estimate of drug-likeness (QED) is 0.638. The van der Waals surface area contributed by atoms with Gasteiger partial charge in [0.25, 0.3) is 5.91 Å². The molecule has 0 aliphatic heterocycles. The average Bonchev–Trinajstić information content (AvgIpc) is 3.25. The Kier molecular flexibility index (Phi) is 7.97. The molecule has 0 unspecified atom stereocenters. The predicted octanol–water partition coefficient (Wildman–Crippen LogP) is 4.81. The third-order valence-corrected chi connectivity index (χ3v) is 6.22. The number of benzene rings is 2. The van der Waals surface area contributed by atoms with Crippen molar-refractivity contribution in [3.63, 3.8) is 0 Å². The third-order valence-electron chi connectivity index (χ3n) is 5.80. The van der Waals surface area contributed by atoms with Gasteiger partial charge in [-0.3, -0.25) is 9.59 Å². The molecule has 0 saturated heterocycles. The smallest absolute Gasteiger partial charge is 0.261 e. The third kappa shape index (κ3) is 6.47. The first-order chi connectivity index (χ1) is 14.8. The molecule has 166 valence electrons. The number of nitrogens with one attached hydrogen (secondary N) is 1. The molecule has 1 aliphatic rings. The lowest BCUT2D eigenvalue weighted by molar-refractivity contribution is -0.142. The van der Waals surface area contributed by atoms with Gasteiger partial charge in [0.15, 0.2) is 6.61 Å². The van der Waals surface area contributed by atoms with E-state index in [1.165, 1.54) is 0 Å². The van der Waals surface area contributed by atoms with Gasteiger partial charge in [0.1, 0.15) is 11.8 Å². The van der Waals surface area contributed by atoms with Crippen molar-refractivity contribution in [2.24, 2.45) is 0 Å². The zero-order chi connectivity index (χ0) is 22.4. The summed E-state index contributed by atoms with van der Waals surface area (Å²) in [6.07, 6.45) is 4.28. The van der Waals surface area contributed by atoms with Gasteiger partial charge < -0.3 is 15.0 Å². The van der Waals surface area contributed by atoms with E-state index >= 15 is 0 Å². The number of halogens is 1. The molecule has 6 heteroatoms. The van der Waals surface area contributed by atoms with E-state index in [4.69, 9.17) is 16.3 Å². The second-order valence-electron chi connectivity index (χ2n) is 8.38. The van der Waals surface area contributed by atoms with Crippen LogP contribution in [0.1, 0.15) is 49.3 Å². The standard InChI is InChI=1S/C25H31ClN2O3/c1-17-7-6-8-20(13-17)15-28(19(3)25(30)27-21-9-4-5-10-21)24(29)16-31-22-11-12-23(26)18(2)14-22/h6-8,11-14,19,21H,4-5,9-10,15-16H2,1-3H3,(H,27,30)/t19-/m1/s1. The first kappa shape index (κ1) is 23.1. The van der Waals surface area contributed by atoms with Gasteiger partial charge in [-0.2, -0.15) is 0 Å². The molecular weight excluding hydrogens is 412 g/mol. The number of carbonyl (C=O) groups excluding carboxylic acids is 2. The molecule has 0 bridgehead atoms. The van der Waals surface area contributed by atoms with Gasteiger partial charge in [-0.1, -0.05) is 54.3 Å². The number of hydrogen-bond acceptors (Lipinski definition) is 3. The Hall–Kier alpha value is -2.53. The van der Waals surface area contributed by atoms with Crippen LogP contribution in [0.15, 0.2) is 42.5 Å². The van der Waals surface area contributed by atoms with E-state index in [1.54, 1.807) is 30.0 Å². The molecule has 1 fully saturated rings. The van der Waals surface area contributed by atoms with Crippen molar-refractivity contribution in [3.8, 4) is 5.75 Å². The van der Waals surface area contributed by atoms with Crippen LogP contribution in [0.5, 0.6) is 5.75 Å². The highest BCUT2D eigenvalue weighted by molar-refractivity contribution is 6.31. The Bertz CT molecular complexity index is 925. The highest BCUT2D eigenvalue weighted by Crippen LogP contribution is 2.22. The van der Waals surface area contributed by atoms with Gasteiger partial charge in [-0.05, 0) is 62.9 Å². The Balaban J connectivity index is 1.72. The van der Waals surface area contributed by atoms with Crippen molar-refractivity contribution < 1.29 is 14.3 Å². The molecule has 3 rings (SSSR count). The van der Waals surface area contributed by atoms with Crippen LogP contribution in [-0.2, 0) is 16.1 Å². The molecule has 1 N–H and O–H groups in total. The fourth-order valence-corrected chi connectivity index (χ4v) is 4.03. The average molecular weight is 443 g/mol. The van der Waals surface area contributed by atoms with Crippen LogP contribution < -0.4 is 10.1 Å². The highest BCUT2D eigenvalue weighted by Gasteiger charge is 2.28. The molecule has 5 nitrogen and oxygen atoms in total. The Morgan fingerprint density at radius 3 is 2.58 bits per heavy atom. The molecule has 0 aromatic heterocycles. The summed E-state index contributed by atoms with van der Waals surface area (Å²) in [4.78, 5) is 27.6. The van der Waals surface area contributed by atoms with Crippen molar-refractivity contribution in [1.29, 1.82) is 0 Å². The van der Waals surface area contributed by atoms with Gasteiger partial charge in [0, 0.05) is 17.6 Å². The number of ether oxygens (including phenoxy) is 1. The molecule has 1 atom stereocenters. The number of hydrogen-bond donors (Lipinski definition) is 1. The highest BCUT2D eigenvalue weighted by atomic mass is 35.5. The molecule has 0 spiro atoms. The van der Waals surface area contributed by atoms with Crippen LogP contribution in [0.3, 0.4) is 0 Å². The second kappa shape index (κ2) is 10.7. The van der Waals surface area contributed by atoms with Crippen molar-refractivity contribution in [2.75, 3.05) is 6.61 Å². The minimum Gasteiger partial charge on any atom is -0.484 e. The summed E-state index contributed by atoms with van der Waals surface area (Å²) in [5.41, 5.74) is 2.98. The van der Waals surface area contributed by atoms with Gasteiger partial charge in [0.2, 0.25) is 5.91 Å². The zero-order valence-electron chi connectivity index (χ0n) is 18.5. The van der Waals surface area contributed by atoms with Gasteiger partial charge in [-0.15, -0.1) is 0 Å². The summed E-state index contributed by atoms with van der Waals surface area (Å²) in [5, 5.41) is 3.76. The van der Waals surface area contributed by atoms with E-state index in [9.17, 15) is 9.59 Å². The predicted molar refractivity (Wildman–Crippen MR) is 123 cm³/mol. The molecule has 31 heavy (non-hydrogen) atoms. The Labute approximate surface area is 189 Å². The van der Waals surface area contributed by atoms with Crippen molar-refractivity contribution >= 4 is 23.4 Å². The van der Waals surface area contributed by atoms with Gasteiger partial charge >= 0.3 is 0 Å². The van der Waals surface area contributed by atoms with Gasteiger partial charge in [0.05, 0.1) is 0 Å². The fourth-order valence-electron chi connectivity index (χ4n) is 3.92. The summed E-state index contributed by atoms with van der Waals surface area (Å²) in [7, 11) is 0. The lowest BCUT2D eigenvalue weighted by Crippen LogP contribution is -2.50. The largest absolute Gasteiger partial charge is 0.484 e. The molecule has 2 aromatic rings. The molecule has 0 heterocycles. The SMILES string of the molecule is Cc1cccc(CN(C(=O)COc2ccc(Cl)c(C)c2)[C@H](C)C(=O)NC2CCCC2)c1. The Morgan fingerprint density at radius 2 is 1.90 bits per heavy atom. The topological polar surface area (TPSA) is 58.6 Å². The minimum atomic E-state index is -0.593. The van der Waals surface area contributed by atoms with Crippen molar-refractivity contribution in [2.45, 2.75) is 65.1 Å². The number of rotatable bonds is 8.